The molecule has 2 aromatic rings. The van der Waals surface area contributed by atoms with Crippen molar-refractivity contribution >= 4 is 40.2 Å². The van der Waals surface area contributed by atoms with Crippen molar-refractivity contribution in [2.45, 2.75) is 16.3 Å². The minimum Gasteiger partial charge on any atom is -0.606 e. The van der Waals surface area contributed by atoms with E-state index < -0.39 is 67.0 Å². The molecule has 1 heterocycles. The normalized spacial score (nSPS) is 13.5. The van der Waals surface area contributed by atoms with Crippen LogP contribution in [0.25, 0.3) is 5.69 Å². The second-order valence-corrected chi connectivity index (χ2v) is 7.27. The van der Waals surface area contributed by atoms with E-state index in [1.807, 2.05) is 0 Å². The fourth-order valence-electron chi connectivity index (χ4n) is 1.97. The molecule has 1 unspecified atom stereocenters. The Morgan fingerprint density at radius 2 is 1.74 bits per heavy atom. The van der Waals surface area contributed by atoms with E-state index in [1.54, 1.807) is 0 Å². The van der Waals surface area contributed by atoms with Crippen molar-refractivity contribution in [3.05, 3.63) is 33.4 Å². The third kappa shape index (κ3) is 3.91. The highest BCUT2D eigenvalue weighted by atomic mass is 35.5. The van der Waals surface area contributed by atoms with Crippen LogP contribution >= 0.6 is 23.2 Å². The van der Waals surface area contributed by atoms with Crippen LogP contribution in [0.4, 0.5) is 32.2 Å². The Hall–Kier alpha value is -1.81. The maximum Gasteiger partial charge on any atom is 0.440 e. The van der Waals surface area contributed by atoms with Crippen molar-refractivity contribution in [2.24, 2.45) is 0 Å². The van der Waals surface area contributed by atoms with Crippen molar-refractivity contribution in [2.75, 3.05) is 12.4 Å². The topological polar surface area (TPSA) is 90.7 Å². The molecule has 1 aromatic heterocycles. The van der Waals surface area contributed by atoms with Crippen LogP contribution in [0.5, 0.6) is 0 Å². The van der Waals surface area contributed by atoms with Crippen molar-refractivity contribution in [1.82, 2.24) is 9.78 Å². The van der Waals surface area contributed by atoms with Crippen LogP contribution < -0.4 is 5.73 Å². The second kappa shape index (κ2) is 7.31. The monoisotopic (exact) mass is 450 g/mol. The summed E-state index contributed by atoms with van der Waals surface area (Å²) in [6.45, 7) is -2.31. The molecule has 0 spiro atoms. The van der Waals surface area contributed by atoms with Gasteiger partial charge in [0.05, 0.1) is 26.8 Å². The van der Waals surface area contributed by atoms with Crippen LogP contribution in [0.3, 0.4) is 0 Å². The van der Waals surface area contributed by atoms with Crippen LogP contribution in [0, 0.1) is 11.3 Å². The highest BCUT2D eigenvalue weighted by Gasteiger charge is 2.49. The Morgan fingerprint density at radius 1 is 1.22 bits per heavy atom. The average molecular weight is 451 g/mol. The molecule has 0 aliphatic heterocycles. The van der Waals surface area contributed by atoms with E-state index in [-0.39, 0.29) is 0 Å². The number of nitrogen functional groups attached to an aromatic ring is 1. The lowest BCUT2D eigenvalue weighted by atomic mass is 10.2. The van der Waals surface area contributed by atoms with Gasteiger partial charge in [0.2, 0.25) is 17.3 Å². The molecule has 27 heavy (non-hydrogen) atoms. The number of hydrogen-bond acceptors (Lipinski definition) is 4. The fourth-order valence-corrected chi connectivity index (χ4v) is 3.56. The summed E-state index contributed by atoms with van der Waals surface area (Å²) in [5, 5.41) is 6.91. The summed E-state index contributed by atoms with van der Waals surface area (Å²) < 4.78 is 90.1. The summed E-state index contributed by atoms with van der Waals surface area (Å²) in [7, 11) is 0. The second-order valence-electron chi connectivity index (χ2n) is 4.91. The van der Waals surface area contributed by atoms with E-state index in [0.29, 0.717) is 16.8 Å². The molecule has 1 aromatic carbocycles. The number of alkyl halides is 6. The Labute approximate surface area is 160 Å². The molecule has 0 fully saturated rings. The summed E-state index contributed by atoms with van der Waals surface area (Å²) in [5.74, 6) is -0.818. The van der Waals surface area contributed by atoms with Crippen molar-refractivity contribution in [3.63, 3.8) is 0 Å². The first-order valence-corrected chi connectivity index (χ1v) is 8.46. The third-order valence-corrected chi connectivity index (χ3v) is 5.15. The molecule has 2 rings (SSSR count). The number of rotatable bonds is 4. The number of halogens is 8. The number of benzene rings is 1. The van der Waals surface area contributed by atoms with Gasteiger partial charge in [-0.25, -0.2) is 9.07 Å². The van der Waals surface area contributed by atoms with E-state index >= 15 is 0 Å². The molecule has 0 saturated heterocycles. The lowest BCUT2D eigenvalue weighted by Crippen LogP contribution is -2.32. The smallest absolute Gasteiger partial charge is 0.440 e. The summed E-state index contributed by atoms with van der Waals surface area (Å²) >= 11 is 8.16. The zero-order valence-corrected chi connectivity index (χ0v) is 14.9. The molecule has 2 N–H and O–H groups in total. The number of hydrogen-bond donors (Lipinski definition) is 1. The zero-order chi connectivity index (χ0) is 20.7. The van der Waals surface area contributed by atoms with Gasteiger partial charge in [-0.15, -0.1) is 5.10 Å². The number of aromatic nitrogens is 2. The van der Waals surface area contributed by atoms with Crippen molar-refractivity contribution in [3.8, 4) is 11.8 Å². The van der Waals surface area contributed by atoms with E-state index in [2.05, 4.69) is 5.10 Å². The predicted octanol–water partition coefficient (Wildman–Crippen LogP) is 4.32. The van der Waals surface area contributed by atoms with E-state index in [1.165, 1.54) is 6.07 Å². The summed E-state index contributed by atoms with van der Waals surface area (Å²) in [5.41, 5.74) is 3.06. The SMILES string of the molecule is N#Cc1nn(-c2c(Cl)cc(C(F)(F)F)cc2Cl)c(N)c1[S+]([O-])C(F)(F)CF. The number of anilines is 1. The Kier molecular flexibility index (Phi) is 5.82. The van der Waals surface area contributed by atoms with Gasteiger partial charge in [0, 0.05) is 0 Å². The molecule has 0 saturated carbocycles. The minimum atomic E-state index is -4.78. The summed E-state index contributed by atoms with van der Waals surface area (Å²) in [6, 6.07) is 2.30. The largest absolute Gasteiger partial charge is 0.606 e. The van der Waals surface area contributed by atoms with Gasteiger partial charge in [0.25, 0.3) is 0 Å². The Bertz CT molecular complexity index is 904. The Morgan fingerprint density at radius 3 is 2.15 bits per heavy atom. The molecule has 0 aliphatic rings. The van der Waals surface area contributed by atoms with Crippen LogP contribution in [0.1, 0.15) is 11.3 Å². The van der Waals surface area contributed by atoms with E-state index in [0.717, 1.165) is 0 Å². The van der Waals surface area contributed by atoms with E-state index in [4.69, 9.17) is 34.2 Å². The number of nitrogens with zero attached hydrogens (tertiary/aromatic N) is 3. The minimum absolute atomic E-state index is 0.466. The lowest BCUT2D eigenvalue weighted by Gasteiger charge is -2.17. The van der Waals surface area contributed by atoms with Gasteiger partial charge in [-0.3, -0.25) is 0 Å². The summed E-state index contributed by atoms with van der Waals surface area (Å²) in [6.07, 6.45) is -4.78. The molecule has 0 bridgehead atoms. The molecule has 0 radical (unpaired) electrons. The van der Waals surface area contributed by atoms with E-state index in [9.17, 15) is 30.9 Å². The van der Waals surface area contributed by atoms with Gasteiger partial charge in [0.15, 0.2) is 5.82 Å². The van der Waals surface area contributed by atoms with Crippen LogP contribution in [0.2, 0.25) is 10.0 Å². The number of nitriles is 1. The first kappa shape index (κ1) is 21.5. The van der Waals surface area contributed by atoms with Gasteiger partial charge in [0.1, 0.15) is 11.8 Å². The maximum atomic E-state index is 13.4. The van der Waals surface area contributed by atoms with Crippen molar-refractivity contribution < 1.29 is 30.9 Å². The van der Waals surface area contributed by atoms with Crippen molar-refractivity contribution in [1.29, 1.82) is 5.26 Å². The van der Waals surface area contributed by atoms with Crippen LogP contribution in [-0.2, 0) is 17.4 Å². The van der Waals surface area contributed by atoms with Gasteiger partial charge in [-0.1, -0.05) is 23.2 Å². The molecule has 1 atom stereocenters. The fraction of sp³-hybridized carbons (Fsp3) is 0.231. The molecular weight excluding hydrogens is 445 g/mol. The standard InChI is InChI=1S/C13H6Cl2F6N4OS/c14-6-1-5(13(19,20)21)2-7(15)9(6)25-11(23)10(8(3-22)24-25)27(26)12(17,18)4-16/h1-2H,4,23H2. The lowest BCUT2D eigenvalue weighted by molar-refractivity contribution is -0.137. The third-order valence-electron chi connectivity index (χ3n) is 3.15. The van der Waals surface area contributed by atoms with Gasteiger partial charge in [-0.2, -0.15) is 27.2 Å². The van der Waals surface area contributed by atoms with Gasteiger partial charge in [-0.05, 0) is 12.1 Å². The zero-order valence-electron chi connectivity index (χ0n) is 12.6. The first-order valence-electron chi connectivity index (χ1n) is 6.56. The highest BCUT2D eigenvalue weighted by Crippen LogP contribution is 2.41. The van der Waals surface area contributed by atoms with Crippen LogP contribution in [-0.4, -0.2) is 26.3 Å². The molecular formula is C13H6Cl2F6N4OS. The molecule has 0 aliphatic carbocycles. The maximum absolute atomic E-state index is 13.4. The first-order chi connectivity index (χ1) is 12.3. The van der Waals surface area contributed by atoms with Crippen LogP contribution in [0.15, 0.2) is 17.0 Å². The number of nitrogens with two attached hydrogens (primary N) is 1. The average Bonchev–Trinajstić information content (AvgIpc) is 2.89. The predicted molar refractivity (Wildman–Crippen MR) is 85.0 cm³/mol. The molecule has 14 heteroatoms. The summed E-state index contributed by atoms with van der Waals surface area (Å²) in [4.78, 5) is -0.993. The molecule has 146 valence electrons. The molecule has 5 nitrogen and oxygen atoms in total. The highest BCUT2D eigenvalue weighted by molar-refractivity contribution is 7.92. The quantitative estimate of drug-likeness (QED) is 0.554. The van der Waals surface area contributed by atoms with Gasteiger partial charge >= 0.3 is 11.4 Å². The molecule has 0 amide bonds. The van der Waals surface area contributed by atoms with Gasteiger partial charge < -0.3 is 10.3 Å². The Balaban J connectivity index is 2.71.